The molecule has 0 fully saturated rings. The predicted octanol–water partition coefficient (Wildman–Crippen LogP) is 5.47. The minimum Gasteiger partial charge on any atom is -0.435 e. The van der Waals surface area contributed by atoms with Crippen LogP contribution in [0.15, 0.2) is 12.3 Å². The second-order valence-electron chi connectivity index (χ2n) is 4.44. The zero-order valence-electron chi connectivity index (χ0n) is 12.0. The summed E-state index contributed by atoms with van der Waals surface area (Å²) in [5.74, 6) is 0. The Kier molecular flexibility index (Phi) is 14.6. The number of rotatable bonds is 13. The normalized spacial score (nSPS) is 13.0. The molecule has 0 aromatic heterocycles. The lowest BCUT2D eigenvalue weighted by Gasteiger charge is -2.00. The Morgan fingerprint density at radius 1 is 0.944 bits per heavy atom. The third-order valence-electron chi connectivity index (χ3n) is 2.75. The van der Waals surface area contributed by atoms with Crippen LogP contribution in [0, 0.1) is 0 Å². The molecule has 3 nitrogen and oxygen atoms in total. The Balaban J connectivity index is 3.15. The summed E-state index contributed by atoms with van der Waals surface area (Å²) in [6.07, 6.45) is 15.0. The van der Waals surface area contributed by atoms with Gasteiger partial charge in [-0.3, -0.25) is 0 Å². The molecule has 0 aliphatic rings. The molecule has 108 valence electrons. The van der Waals surface area contributed by atoms with Crippen LogP contribution in [0.5, 0.6) is 0 Å². The Labute approximate surface area is 113 Å². The van der Waals surface area contributed by atoms with E-state index in [4.69, 9.17) is 9.05 Å². The van der Waals surface area contributed by atoms with Crippen LogP contribution in [0.3, 0.4) is 0 Å². The van der Waals surface area contributed by atoms with Gasteiger partial charge in [0.1, 0.15) is 0 Å². The molecule has 0 saturated carbocycles. The van der Waals surface area contributed by atoms with E-state index >= 15 is 0 Å². The number of allylic oxidation sites excluding steroid dienone is 1. The van der Waals surface area contributed by atoms with Gasteiger partial charge < -0.3 is 9.05 Å². The minimum absolute atomic E-state index is 0.434. The predicted molar refractivity (Wildman–Crippen MR) is 78.1 cm³/mol. The van der Waals surface area contributed by atoms with Crippen molar-refractivity contribution in [2.24, 2.45) is 0 Å². The first-order chi connectivity index (χ1) is 8.81. The summed E-state index contributed by atoms with van der Waals surface area (Å²) in [5, 5.41) is 0. The molecule has 18 heavy (non-hydrogen) atoms. The van der Waals surface area contributed by atoms with E-state index in [9.17, 15) is 4.57 Å². The zero-order valence-corrected chi connectivity index (χ0v) is 13.0. The number of hydrogen-bond donors (Lipinski definition) is 0. The van der Waals surface area contributed by atoms with E-state index in [-0.39, 0.29) is 0 Å². The van der Waals surface area contributed by atoms with E-state index in [1.165, 1.54) is 57.6 Å². The standard InChI is InChI=1S/C14H29O3P/c1-3-5-6-7-8-9-10-11-12-13-14-17-18(15)16-4-2/h13-14,18H,3-12H2,1-2H3/b14-13+. The summed E-state index contributed by atoms with van der Waals surface area (Å²) < 4.78 is 20.7. The lowest BCUT2D eigenvalue weighted by molar-refractivity contribution is 0.285. The SMILES string of the molecule is CCCCCCCCCC/C=C/O[PH](=O)OCC. The van der Waals surface area contributed by atoms with Crippen molar-refractivity contribution in [3.63, 3.8) is 0 Å². The zero-order chi connectivity index (χ0) is 13.5. The first kappa shape index (κ1) is 17.7. The molecule has 0 N–H and O–H groups in total. The van der Waals surface area contributed by atoms with E-state index in [0.717, 1.165) is 6.42 Å². The van der Waals surface area contributed by atoms with Gasteiger partial charge in [0.05, 0.1) is 12.9 Å². The third-order valence-corrected chi connectivity index (χ3v) is 3.60. The van der Waals surface area contributed by atoms with Gasteiger partial charge in [0.2, 0.25) is 0 Å². The highest BCUT2D eigenvalue weighted by Crippen LogP contribution is 2.23. The highest BCUT2D eigenvalue weighted by atomic mass is 31.1. The van der Waals surface area contributed by atoms with E-state index in [1.807, 2.05) is 6.08 Å². The van der Waals surface area contributed by atoms with Gasteiger partial charge in [-0.1, -0.05) is 51.9 Å². The molecule has 0 aromatic carbocycles. The molecule has 1 unspecified atom stereocenters. The van der Waals surface area contributed by atoms with Gasteiger partial charge in [0.15, 0.2) is 0 Å². The van der Waals surface area contributed by atoms with Crippen LogP contribution < -0.4 is 0 Å². The minimum atomic E-state index is -2.29. The maximum atomic E-state index is 11.0. The van der Waals surface area contributed by atoms with Crippen LogP contribution in [0.4, 0.5) is 0 Å². The molecule has 1 atom stereocenters. The van der Waals surface area contributed by atoms with Crippen LogP contribution >= 0.6 is 8.25 Å². The summed E-state index contributed by atoms with van der Waals surface area (Å²) in [6.45, 7) is 4.48. The lowest BCUT2D eigenvalue weighted by Crippen LogP contribution is -1.80. The Bertz CT molecular complexity index is 217. The van der Waals surface area contributed by atoms with Crippen molar-refractivity contribution < 1.29 is 13.6 Å². The molecule has 0 bridgehead atoms. The highest BCUT2D eigenvalue weighted by Gasteiger charge is 1.93. The maximum Gasteiger partial charge on any atom is 0.367 e. The van der Waals surface area contributed by atoms with Gasteiger partial charge >= 0.3 is 8.25 Å². The summed E-state index contributed by atoms with van der Waals surface area (Å²) in [7, 11) is -2.29. The van der Waals surface area contributed by atoms with Crippen molar-refractivity contribution in [1.29, 1.82) is 0 Å². The van der Waals surface area contributed by atoms with E-state index < -0.39 is 8.25 Å². The largest absolute Gasteiger partial charge is 0.435 e. The molecular weight excluding hydrogens is 247 g/mol. The Morgan fingerprint density at radius 2 is 1.56 bits per heavy atom. The third kappa shape index (κ3) is 13.8. The number of unbranched alkanes of at least 4 members (excludes halogenated alkanes) is 8. The average molecular weight is 276 g/mol. The molecule has 0 heterocycles. The fraction of sp³-hybridized carbons (Fsp3) is 0.857. The van der Waals surface area contributed by atoms with Crippen molar-refractivity contribution in [1.82, 2.24) is 0 Å². The summed E-state index contributed by atoms with van der Waals surface area (Å²) in [5.41, 5.74) is 0. The first-order valence-corrected chi connectivity index (χ1v) is 8.52. The van der Waals surface area contributed by atoms with Crippen LogP contribution in [-0.4, -0.2) is 6.61 Å². The smallest absolute Gasteiger partial charge is 0.367 e. The van der Waals surface area contributed by atoms with Gasteiger partial charge in [-0.25, -0.2) is 4.57 Å². The Morgan fingerprint density at radius 3 is 2.17 bits per heavy atom. The van der Waals surface area contributed by atoms with Gasteiger partial charge in [-0.05, 0) is 25.8 Å². The maximum absolute atomic E-state index is 11.0. The van der Waals surface area contributed by atoms with Crippen LogP contribution in [0.2, 0.25) is 0 Å². The monoisotopic (exact) mass is 276 g/mol. The summed E-state index contributed by atoms with van der Waals surface area (Å²) >= 11 is 0. The van der Waals surface area contributed by atoms with Crippen molar-refractivity contribution in [3.8, 4) is 0 Å². The van der Waals surface area contributed by atoms with E-state index in [2.05, 4.69) is 6.92 Å². The molecule has 0 radical (unpaired) electrons. The molecule has 0 saturated heterocycles. The van der Waals surface area contributed by atoms with Crippen LogP contribution in [0.1, 0.15) is 71.6 Å². The van der Waals surface area contributed by atoms with E-state index in [1.54, 1.807) is 6.92 Å². The van der Waals surface area contributed by atoms with Crippen molar-refractivity contribution in [2.45, 2.75) is 71.6 Å². The quantitative estimate of drug-likeness (QED) is 0.254. The molecule has 4 heteroatoms. The topological polar surface area (TPSA) is 35.5 Å². The fourth-order valence-corrected chi connectivity index (χ4v) is 2.23. The highest BCUT2D eigenvalue weighted by molar-refractivity contribution is 7.33. The van der Waals surface area contributed by atoms with Crippen molar-refractivity contribution in [2.75, 3.05) is 6.61 Å². The van der Waals surface area contributed by atoms with Crippen molar-refractivity contribution >= 4 is 8.25 Å². The van der Waals surface area contributed by atoms with Crippen molar-refractivity contribution in [3.05, 3.63) is 12.3 Å². The Hall–Kier alpha value is -0.270. The fourth-order valence-electron chi connectivity index (χ4n) is 1.72. The van der Waals surface area contributed by atoms with Crippen LogP contribution in [0.25, 0.3) is 0 Å². The average Bonchev–Trinajstić information content (AvgIpc) is 2.36. The van der Waals surface area contributed by atoms with E-state index in [0.29, 0.717) is 6.61 Å². The van der Waals surface area contributed by atoms with Gasteiger partial charge in [0, 0.05) is 0 Å². The molecule has 0 aromatic rings. The van der Waals surface area contributed by atoms with Gasteiger partial charge in [-0.15, -0.1) is 0 Å². The summed E-state index contributed by atoms with van der Waals surface area (Å²) in [4.78, 5) is 0. The molecule has 0 aliphatic heterocycles. The first-order valence-electron chi connectivity index (χ1n) is 7.29. The lowest BCUT2D eigenvalue weighted by atomic mass is 10.1. The molecular formula is C14H29O3P. The summed E-state index contributed by atoms with van der Waals surface area (Å²) in [6, 6.07) is 0. The molecule has 0 rings (SSSR count). The number of hydrogen-bond acceptors (Lipinski definition) is 3. The second kappa shape index (κ2) is 14.8. The van der Waals surface area contributed by atoms with Gasteiger partial charge in [0.25, 0.3) is 0 Å². The molecule has 0 amide bonds. The van der Waals surface area contributed by atoms with Gasteiger partial charge in [-0.2, -0.15) is 0 Å². The van der Waals surface area contributed by atoms with Crippen LogP contribution in [-0.2, 0) is 13.6 Å². The second-order valence-corrected chi connectivity index (χ2v) is 5.46. The molecule has 0 spiro atoms. The molecule has 0 aliphatic carbocycles.